The number of benzene rings is 1. The Kier molecular flexibility index (Phi) is 5.36. The van der Waals surface area contributed by atoms with Crippen molar-refractivity contribution in [3.05, 3.63) is 48.5 Å². The molecule has 1 aromatic carbocycles. The van der Waals surface area contributed by atoms with Crippen molar-refractivity contribution in [2.45, 2.75) is 19.9 Å². The summed E-state index contributed by atoms with van der Waals surface area (Å²) in [5.74, 6) is 1.01. The van der Waals surface area contributed by atoms with E-state index >= 15 is 0 Å². The zero-order valence-corrected chi connectivity index (χ0v) is 14.2. The Morgan fingerprint density at radius 3 is 2.58 bits per heavy atom. The summed E-state index contributed by atoms with van der Waals surface area (Å²) in [6, 6.07) is 10.4. The van der Waals surface area contributed by atoms with E-state index in [1.807, 2.05) is 24.1 Å². The second-order valence-electron chi connectivity index (χ2n) is 6.06. The highest BCUT2D eigenvalue weighted by atomic mass is 16.2. The fourth-order valence-corrected chi connectivity index (χ4v) is 3.00. The van der Waals surface area contributed by atoms with E-state index in [1.165, 1.54) is 5.69 Å². The fourth-order valence-electron chi connectivity index (χ4n) is 3.00. The lowest BCUT2D eigenvalue weighted by Gasteiger charge is -2.36. The average molecular weight is 327 g/mol. The van der Waals surface area contributed by atoms with Gasteiger partial charge in [-0.15, -0.1) is 0 Å². The summed E-state index contributed by atoms with van der Waals surface area (Å²) >= 11 is 0. The maximum absolute atomic E-state index is 12.2. The molecule has 1 saturated heterocycles. The summed E-state index contributed by atoms with van der Waals surface area (Å²) in [4.78, 5) is 20.7. The zero-order valence-electron chi connectivity index (χ0n) is 14.2. The Hall–Kier alpha value is -2.50. The third-order valence-corrected chi connectivity index (χ3v) is 4.46. The molecular formula is C18H25N5O. The zero-order chi connectivity index (χ0) is 16.8. The molecule has 2 aromatic rings. The number of carbonyl (C=O) groups excluding carboxylic acids is 1. The molecule has 1 N–H and O–H groups in total. The number of piperazine rings is 1. The molecule has 1 aliphatic rings. The first-order chi connectivity index (χ1) is 11.7. The number of nitrogens with zero attached hydrogens (tertiary/aromatic N) is 4. The van der Waals surface area contributed by atoms with Crippen LogP contribution in [0.15, 0.2) is 42.7 Å². The number of nitrogens with one attached hydrogen (secondary N) is 1. The van der Waals surface area contributed by atoms with Gasteiger partial charge in [0.2, 0.25) is 0 Å². The van der Waals surface area contributed by atoms with Crippen molar-refractivity contribution in [3.63, 3.8) is 0 Å². The number of anilines is 1. The molecule has 1 aromatic heterocycles. The van der Waals surface area contributed by atoms with Crippen LogP contribution in [0.4, 0.5) is 10.5 Å². The van der Waals surface area contributed by atoms with Crippen molar-refractivity contribution >= 4 is 11.7 Å². The lowest BCUT2D eigenvalue weighted by atomic mass is 10.2. The van der Waals surface area contributed by atoms with E-state index in [0.717, 1.165) is 45.0 Å². The molecule has 1 fully saturated rings. The largest absolute Gasteiger partial charge is 0.368 e. The number of aryl methyl sites for hydroxylation is 2. The average Bonchev–Trinajstić information content (AvgIpc) is 3.04. The number of para-hydroxylation sites is 1. The predicted octanol–water partition coefficient (Wildman–Crippen LogP) is 2.11. The van der Waals surface area contributed by atoms with Crippen LogP contribution >= 0.6 is 0 Å². The Morgan fingerprint density at radius 2 is 1.92 bits per heavy atom. The van der Waals surface area contributed by atoms with Gasteiger partial charge in [0.1, 0.15) is 5.82 Å². The number of hydrogen-bond donors (Lipinski definition) is 1. The van der Waals surface area contributed by atoms with Crippen LogP contribution in [-0.4, -0.2) is 53.2 Å². The van der Waals surface area contributed by atoms with Crippen LogP contribution in [0, 0.1) is 6.92 Å². The summed E-state index contributed by atoms with van der Waals surface area (Å²) in [5.41, 5.74) is 1.23. The standard InChI is InChI=1S/C18H25N5O/c1-16-19-9-11-21(16)10-5-8-20-18(24)23-14-12-22(13-15-23)17-6-3-2-4-7-17/h2-4,6-7,9,11H,5,8,10,12-15H2,1H3,(H,20,24). The van der Waals surface area contributed by atoms with Crippen LogP contribution in [0.1, 0.15) is 12.2 Å². The molecule has 24 heavy (non-hydrogen) atoms. The molecule has 0 spiro atoms. The van der Waals surface area contributed by atoms with Crippen LogP contribution in [0.3, 0.4) is 0 Å². The minimum absolute atomic E-state index is 0.0464. The highest BCUT2D eigenvalue weighted by Crippen LogP contribution is 2.15. The number of imidazole rings is 1. The van der Waals surface area contributed by atoms with Crippen LogP contribution in [-0.2, 0) is 6.54 Å². The number of amides is 2. The maximum Gasteiger partial charge on any atom is 0.317 e. The molecular weight excluding hydrogens is 302 g/mol. The second kappa shape index (κ2) is 7.86. The summed E-state index contributed by atoms with van der Waals surface area (Å²) in [6.07, 6.45) is 4.69. The normalized spacial score (nSPS) is 14.7. The smallest absolute Gasteiger partial charge is 0.317 e. The van der Waals surface area contributed by atoms with E-state index in [9.17, 15) is 4.79 Å². The highest BCUT2D eigenvalue weighted by Gasteiger charge is 2.20. The van der Waals surface area contributed by atoms with E-state index in [4.69, 9.17) is 0 Å². The lowest BCUT2D eigenvalue weighted by molar-refractivity contribution is 0.194. The first kappa shape index (κ1) is 16.4. The third-order valence-electron chi connectivity index (χ3n) is 4.46. The number of urea groups is 1. The summed E-state index contributed by atoms with van der Waals surface area (Å²) < 4.78 is 2.10. The molecule has 1 aliphatic heterocycles. The van der Waals surface area contributed by atoms with Crippen molar-refractivity contribution in [2.75, 3.05) is 37.6 Å². The van der Waals surface area contributed by atoms with Crippen molar-refractivity contribution in [2.24, 2.45) is 0 Å². The van der Waals surface area contributed by atoms with Gasteiger partial charge < -0.3 is 19.7 Å². The van der Waals surface area contributed by atoms with Gasteiger partial charge in [0.15, 0.2) is 0 Å². The van der Waals surface area contributed by atoms with Gasteiger partial charge in [-0.25, -0.2) is 9.78 Å². The fraction of sp³-hybridized carbons (Fsp3) is 0.444. The minimum atomic E-state index is 0.0464. The molecule has 128 valence electrons. The van der Waals surface area contributed by atoms with Crippen LogP contribution in [0.25, 0.3) is 0 Å². The van der Waals surface area contributed by atoms with Gasteiger partial charge >= 0.3 is 6.03 Å². The Morgan fingerprint density at radius 1 is 1.17 bits per heavy atom. The Labute approximate surface area is 143 Å². The lowest BCUT2D eigenvalue weighted by Crippen LogP contribution is -2.52. The predicted molar refractivity (Wildman–Crippen MR) is 95.2 cm³/mol. The molecule has 0 saturated carbocycles. The van der Waals surface area contributed by atoms with Gasteiger partial charge in [0, 0.05) is 57.3 Å². The van der Waals surface area contributed by atoms with Crippen LogP contribution in [0.5, 0.6) is 0 Å². The Balaban J connectivity index is 1.37. The first-order valence-electron chi connectivity index (χ1n) is 8.54. The van der Waals surface area contributed by atoms with E-state index in [1.54, 1.807) is 6.20 Å². The minimum Gasteiger partial charge on any atom is -0.368 e. The third kappa shape index (κ3) is 4.07. The van der Waals surface area contributed by atoms with Crippen LogP contribution in [0.2, 0.25) is 0 Å². The molecule has 2 amide bonds. The maximum atomic E-state index is 12.2. The van der Waals surface area contributed by atoms with Gasteiger partial charge in [-0.1, -0.05) is 18.2 Å². The molecule has 0 atom stereocenters. The number of rotatable bonds is 5. The second-order valence-corrected chi connectivity index (χ2v) is 6.06. The van der Waals surface area contributed by atoms with Gasteiger partial charge in [-0.2, -0.15) is 0 Å². The van der Waals surface area contributed by atoms with Crippen molar-refractivity contribution in [1.29, 1.82) is 0 Å². The van der Waals surface area contributed by atoms with Crippen molar-refractivity contribution in [1.82, 2.24) is 19.8 Å². The number of aromatic nitrogens is 2. The van der Waals surface area contributed by atoms with Crippen LogP contribution < -0.4 is 10.2 Å². The summed E-state index contributed by atoms with van der Waals surface area (Å²) in [5, 5.41) is 3.02. The monoisotopic (exact) mass is 327 g/mol. The van der Waals surface area contributed by atoms with Crippen molar-refractivity contribution in [3.8, 4) is 0 Å². The van der Waals surface area contributed by atoms with Gasteiger partial charge in [-0.3, -0.25) is 0 Å². The van der Waals surface area contributed by atoms with E-state index in [2.05, 4.69) is 44.0 Å². The SMILES string of the molecule is Cc1nccn1CCCNC(=O)N1CCN(c2ccccc2)CC1. The molecule has 0 radical (unpaired) electrons. The molecule has 0 unspecified atom stereocenters. The van der Waals surface area contributed by atoms with Gasteiger partial charge in [-0.05, 0) is 25.5 Å². The molecule has 0 bridgehead atoms. The molecule has 6 nitrogen and oxygen atoms in total. The Bertz CT molecular complexity index is 646. The highest BCUT2D eigenvalue weighted by molar-refractivity contribution is 5.74. The van der Waals surface area contributed by atoms with E-state index in [0.29, 0.717) is 6.54 Å². The van der Waals surface area contributed by atoms with Crippen molar-refractivity contribution < 1.29 is 4.79 Å². The molecule has 6 heteroatoms. The molecule has 3 rings (SSSR count). The van der Waals surface area contributed by atoms with E-state index < -0.39 is 0 Å². The quantitative estimate of drug-likeness (QED) is 0.856. The molecule has 0 aliphatic carbocycles. The van der Waals surface area contributed by atoms with Gasteiger partial charge in [0.05, 0.1) is 0 Å². The number of hydrogen-bond acceptors (Lipinski definition) is 3. The molecule has 2 heterocycles. The number of carbonyl (C=O) groups is 1. The van der Waals surface area contributed by atoms with Gasteiger partial charge in [0.25, 0.3) is 0 Å². The summed E-state index contributed by atoms with van der Waals surface area (Å²) in [7, 11) is 0. The summed E-state index contributed by atoms with van der Waals surface area (Å²) in [6.45, 7) is 6.86. The van der Waals surface area contributed by atoms with E-state index in [-0.39, 0.29) is 6.03 Å². The first-order valence-corrected chi connectivity index (χ1v) is 8.54. The topological polar surface area (TPSA) is 53.4 Å².